The van der Waals surface area contributed by atoms with E-state index in [-0.39, 0.29) is 34.2 Å². The Morgan fingerprint density at radius 1 is 1.12 bits per heavy atom. The van der Waals surface area contributed by atoms with Gasteiger partial charge in [-0.05, 0) is 37.1 Å². The summed E-state index contributed by atoms with van der Waals surface area (Å²) >= 11 is -1.61. The molecular formula is C24H23NO6S. The highest BCUT2D eigenvalue weighted by atomic mass is 32.2. The zero-order valence-corrected chi connectivity index (χ0v) is 18.5. The molecule has 2 N–H and O–H groups in total. The van der Waals surface area contributed by atoms with Gasteiger partial charge in [-0.25, -0.2) is 4.79 Å². The first kappa shape index (κ1) is 23.3. The number of phenols is 1. The molecule has 0 saturated heterocycles. The minimum Gasteiger partial charge on any atom is -0.606 e. The number of benzene rings is 2. The number of carbonyl (C=O) groups is 2. The number of Topliss-reactive ketones (excluding diaryl/α,β-unsaturated/α-hetero) is 1. The highest BCUT2D eigenvalue weighted by molar-refractivity contribution is 7.91. The highest BCUT2D eigenvalue weighted by Crippen LogP contribution is 2.33. The molecule has 1 unspecified atom stereocenters. The van der Waals surface area contributed by atoms with Crippen LogP contribution >= 0.6 is 0 Å². The summed E-state index contributed by atoms with van der Waals surface area (Å²) in [4.78, 5) is 27.5. The number of aromatic hydroxyl groups is 1. The summed E-state index contributed by atoms with van der Waals surface area (Å²) in [5.74, 6) is -0.930. The van der Waals surface area contributed by atoms with Crippen LogP contribution in [0.5, 0.6) is 11.5 Å². The summed E-state index contributed by atoms with van der Waals surface area (Å²) in [6.07, 6.45) is 3.90. The second kappa shape index (κ2) is 10.3. The van der Waals surface area contributed by atoms with Crippen molar-refractivity contribution in [2.75, 3.05) is 0 Å². The molecule has 0 fully saturated rings. The first-order valence-corrected chi connectivity index (χ1v) is 11.1. The first-order valence-electron chi connectivity index (χ1n) is 9.99. The van der Waals surface area contributed by atoms with Gasteiger partial charge in [-0.3, -0.25) is 9.78 Å². The second-order valence-corrected chi connectivity index (χ2v) is 8.64. The maximum atomic E-state index is 12.9. The van der Waals surface area contributed by atoms with Crippen LogP contribution in [0.25, 0.3) is 0 Å². The highest BCUT2D eigenvalue weighted by Gasteiger charge is 2.19. The molecule has 0 aliphatic heterocycles. The SMILES string of the molecule is CCCc1c(OCc2cccc([S+]([O-])c3cncc(C(=O)O)c3)c2)ccc(C(C)=O)c1O. The van der Waals surface area contributed by atoms with Gasteiger partial charge in [0.25, 0.3) is 0 Å². The van der Waals surface area contributed by atoms with Crippen molar-refractivity contribution in [3.63, 3.8) is 0 Å². The third kappa shape index (κ3) is 5.27. The van der Waals surface area contributed by atoms with E-state index >= 15 is 0 Å². The number of aromatic nitrogens is 1. The van der Waals surface area contributed by atoms with Gasteiger partial charge in [-0.2, -0.15) is 0 Å². The van der Waals surface area contributed by atoms with Gasteiger partial charge in [0.05, 0.1) is 17.3 Å². The Balaban J connectivity index is 1.81. The van der Waals surface area contributed by atoms with Crippen LogP contribution in [0.4, 0.5) is 0 Å². The fourth-order valence-electron chi connectivity index (χ4n) is 3.21. The van der Waals surface area contributed by atoms with Crippen molar-refractivity contribution in [2.24, 2.45) is 0 Å². The summed E-state index contributed by atoms with van der Waals surface area (Å²) in [7, 11) is 0. The monoisotopic (exact) mass is 453 g/mol. The lowest BCUT2D eigenvalue weighted by Crippen LogP contribution is -2.07. The lowest BCUT2D eigenvalue weighted by molar-refractivity contribution is 0.0696. The Bertz CT molecular complexity index is 1150. The maximum absolute atomic E-state index is 12.9. The van der Waals surface area contributed by atoms with E-state index in [1.54, 1.807) is 30.3 Å². The largest absolute Gasteiger partial charge is 0.606 e. The predicted molar refractivity (Wildman–Crippen MR) is 119 cm³/mol. The van der Waals surface area contributed by atoms with E-state index in [4.69, 9.17) is 9.84 Å². The average molecular weight is 454 g/mol. The van der Waals surface area contributed by atoms with Crippen LogP contribution in [0, 0.1) is 0 Å². The number of nitrogens with zero attached hydrogens (tertiary/aromatic N) is 1. The Hall–Kier alpha value is -3.36. The van der Waals surface area contributed by atoms with Crippen LogP contribution in [0.15, 0.2) is 64.6 Å². The fourth-order valence-corrected chi connectivity index (χ4v) is 4.34. The van der Waals surface area contributed by atoms with Gasteiger partial charge in [-0.15, -0.1) is 0 Å². The summed E-state index contributed by atoms with van der Waals surface area (Å²) in [5.41, 5.74) is 1.55. The minimum absolute atomic E-state index is 0.0346. The molecule has 0 aliphatic carbocycles. The van der Waals surface area contributed by atoms with Crippen LogP contribution in [0.2, 0.25) is 0 Å². The molecule has 8 heteroatoms. The Morgan fingerprint density at radius 3 is 2.59 bits per heavy atom. The van der Waals surface area contributed by atoms with Crippen molar-refractivity contribution in [1.29, 1.82) is 0 Å². The van der Waals surface area contributed by atoms with E-state index in [9.17, 15) is 19.2 Å². The van der Waals surface area contributed by atoms with Crippen molar-refractivity contribution in [1.82, 2.24) is 4.98 Å². The zero-order chi connectivity index (χ0) is 23.3. The molecule has 2 aromatic carbocycles. The maximum Gasteiger partial charge on any atom is 0.337 e. The molecule has 1 aromatic heterocycles. The summed E-state index contributed by atoms with van der Waals surface area (Å²) in [6, 6.07) is 11.5. The van der Waals surface area contributed by atoms with Gasteiger partial charge < -0.3 is 19.5 Å². The van der Waals surface area contributed by atoms with Gasteiger partial charge in [0.1, 0.15) is 18.1 Å². The number of hydrogen-bond donors (Lipinski definition) is 2. The quantitative estimate of drug-likeness (QED) is 0.364. The number of carboxylic acids is 1. The molecule has 0 saturated carbocycles. The van der Waals surface area contributed by atoms with Gasteiger partial charge in [0, 0.05) is 35.1 Å². The first-order chi connectivity index (χ1) is 15.3. The van der Waals surface area contributed by atoms with Crippen molar-refractivity contribution in [3.8, 4) is 11.5 Å². The van der Waals surface area contributed by atoms with Crippen LogP contribution in [0.1, 0.15) is 52.1 Å². The zero-order valence-electron chi connectivity index (χ0n) is 17.7. The molecule has 0 bridgehead atoms. The molecule has 0 radical (unpaired) electrons. The van der Waals surface area contributed by atoms with Crippen molar-refractivity contribution < 1.29 is 29.1 Å². The molecular weight excluding hydrogens is 430 g/mol. The van der Waals surface area contributed by atoms with Gasteiger partial charge in [0.15, 0.2) is 15.6 Å². The molecule has 166 valence electrons. The number of carbonyl (C=O) groups excluding carboxylic acids is 1. The second-order valence-electron chi connectivity index (χ2n) is 7.16. The number of hydrogen-bond acceptors (Lipinski definition) is 6. The van der Waals surface area contributed by atoms with E-state index < -0.39 is 17.1 Å². The summed E-state index contributed by atoms with van der Waals surface area (Å²) in [5, 5.41) is 19.6. The van der Waals surface area contributed by atoms with Gasteiger partial charge in [-0.1, -0.05) is 25.5 Å². The Labute approximate surface area is 188 Å². The molecule has 1 heterocycles. The number of aromatic carboxylic acids is 1. The van der Waals surface area contributed by atoms with Crippen LogP contribution in [0.3, 0.4) is 0 Å². The molecule has 0 aliphatic rings. The molecule has 1 atom stereocenters. The number of ketones is 1. The number of pyridine rings is 1. The Morgan fingerprint density at radius 2 is 1.91 bits per heavy atom. The summed E-state index contributed by atoms with van der Waals surface area (Å²) in [6.45, 7) is 3.53. The van der Waals surface area contributed by atoms with E-state index in [1.807, 2.05) is 13.0 Å². The van der Waals surface area contributed by atoms with E-state index in [0.29, 0.717) is 22.6 Å². The standard InChI is InChI=1S/C24H23NO6S/c1-3-5-21-22(9-8-20(15(2)26)23(21)27)31-14-16-6-4-7-18(10-16)32(30)19-11-17(24(28)29)12-25-13-19/h4,6-13,27H,3,5,14H2,1-2H3,(H,28,29). The van der Waals surface area contributed by atoms with Crippen LogP contribution in [-0.4, -0.2) is 31.5 Å². The Kier molecular flexibility index (Phi) is 7.50. The molecule has 3 rings (SSSR count). The molecule has 0 amide bonds. The average Bonchev–Trinajstić information content (AvgIpc) is 2.79. The van der Waals surface area contributed by atoms with E-state index in [0.717, 1.165) is 12.0 Å². The summed E-state index contributed by atoms with van der Waals surface area (Å²) < 4.78 is 18.8. The molecule has 0 spiro atoms. The smallest absolute Gasteiger partial charge is 0.337 e. The van der Waals surface area contributed by atoms with Crippen molar-refractivity contribution >= 4 is 22.9 Å². The van der Waals surface area contributed by atoms with E-state index in [1.165, 1.54) is 25.4 Å². The third-order valence-corrected chi connectivity index (χ3v) is 6.13. The number of carboxylic acid groups (broad SMARTS) is 1. The van der Waals surface area contributed by atoms with Crippen LogP contribution < -0.4 is 4.74 Å². The number of phenolic OH excluding ortho intramolecular Hbond substituents is 1. The third-order valence-electron chi connectivity index (χ3n) is 4.80. The number of ether oxygens (including phenoxy) is 1. The van der Waals surface area contributed by atoms with Crippen molar-refractivity contribution in [3.05, 3.63) is 77.1 Å². The molecule has 3 aromatic rings. The van der Waals surface area contributed by atoms with E-state index in [2.05, 4.69) is 4.98 Å². The minimum atomic E-state index is -1.61. The van der Waals surface area contributed by atoms with Crippen LogP contribution in [-0.2, 0) is 24.2 Å². The molecule has 7 nitrogen and oxygen atoms in total. The normalized spacial score (nSPS) is 11.7. The number of rotatable bonds is 9. The van der Waals surface area contributed by atoms with Crippen molar-refractivity contribution in [2.45, 2.75) is 43.1 Å². The topological polar surface area (TPSA) is 120 Å². The lowest BCUT2D eigenvalue weighted by Gasteiger charge is -2.15. The van der Waals surface area contributed by atoms with Gasteiger partial charge >= 0.3 is 5.97 Å². The van der Waals surface area contributed by atoms with Gasteiger partial charge in [0.2, 0.25) is 0 Å². The predicted octanol–water partition coefficient (Wildman–Crippen LogP) is 4.39. The lowest BCUT2D eigenvalue weighted by atomic mass is 10.0. The fraction of sp³-hybridized carbons (Fsp3) is 0.208. The molecule has 32 heavy (non-hydrogen) atoms.